The number of benzene rings is 2. The van der Waals surface area contributed by atoms with Gasteiger partial charge in [0.05, 0.1) is 6.07 Å². The van der Waals surface area contributed by atoms with E-state index in [1.54, 1.807) is 18.2 Å². The average molecular weight is 387 g/mol. The third kappa shape index (κ3) is 5.90. The summed E-state index contributed by atoms with van der Waals surface area (Å²) in [5.41, 5.74) is 4.15. The molecule has 2 rings (SSSR count). The van der Waals surface area contributed by atoms with Crippen molar-refractivity contribution in [2.75, 3.05) is 13.2 Å². The van der Waals surface area contributed by atoms with Crippen LogP contribution in [0.5, 0.6) is 11.5 Å². The van der Waals surface area contributed by atoms with Crippen LogP contribution in [0.15, 0.2) is 30.3 Å². The van der Waals surface area contributed by atoms with Crippen molar-refractivity contribution in [1.29, 1.82) is 5.26 Å². The fourth-order valence-electron chi connectivity index (χ4n) is 2.60. The second kappa shape index (κ2) is 9.84. The first-order valence-corrected chi connectivity index (χ1v) is 9.04. The van der Waals surface area contributed by atoms with Crippen molar-refractivity contribution in [1.82, 2.24) is 5.32 Å². The maximum atomic E-state index is 11.5. The highest BCUT2D eigenvalue weighted by atomic mass is 35.5. The van der Waals surface area contributed by atoms with Crippen molar-refractivity contribution in [2.45, 2.75) is 33.7 Å². The van der Waals surface area contributed by atoms with Crippen LogP contribution in [0.25, 0.3) is 0 Å². The molecule has 0 saturated carbocycles. The molecule has 0 aromatic heterocycles. The molecular weight excluding hydrogens is 364 g/mol. The fourth-order valence-corrected chi connectivity index (χ4v) is 2.79. The molecule has 1 amide bonds. The second-order valence-corrected chi connectivity index (χ2v) is 6.65. The van der Waals surface area contributed by atoms with Gasteiger partial charge in [0.1, 0.15) is 31.1 Å². The maximum Gasteiger partial charge on any atom is 0.234 e. The van der Waals surface area contributed by atoms with Crippen molar-refractivity contribution in [3.63, 3.8) is 0 Å². The summed E-state index contributed by atoms with van der Waals surface area (Å²) >= 11 is 6.04. The van der Waals surface area contributed by atoms with Gasteiger partial charge in [-0.25, -0.2) is 0 Å². The smallest absolute Gasteiger partial charge is 0.234 e. The van der Waals surface area contributed by atoms with E-state index in [1.807, 2.05) is 26.0 Å². The molecule has 0 aliphatic rings. The Kier molecular flexibility index (Phi) is 7.51. The Morgan fingerprint density at radius 2 is 1.81 bits per heavy atom. The van der Waals surface area contributed by atoms with E-state index in [2.05, 4.69) is 18.3 Å². The predicted octanol–water partition coefficient (Wildman–Crippen LogP) is 4.25. The van der Waals surface area contributed by atoms with Gasteiger partial charge in [-0.3, -0.25) is 4.79 Å². The van der Waals surface area contributed by atoms with Crippen LogP contribution in [0.2, 0.25) is 5.02 Å². The number of carbonyl (C=O) groups is 1. The summed E-state index contributed by atoms with van der Waals surface area (Å²) in [5, 5.41) is 11.8. The molecule has 0 unspecified atom stereocenters. The average Bonchev–Trinajstić information content (AvgIpc) is 2.64. The minimum absolute atomic E-state index is 0.181. The molecule has 0 bridgehead atoms. The Hall–Kier alpha value is -2.71. The molecule has 0 heterocycles. The lowest BCUT2D eigenvalue weighted by molar-refractivity contribution is -0.120. The molecule has 5 nitrogen and oxygen atoms in total. The number of carbonyl (C=O) groups excluding carboxylic acids is 1. The topological polar surface area (TPSA) is 71.3 Å². The molecule has 6 heteroatoms. The number of nitriles is 1. The highest BCUT2D eigenvalue weighted by Gasteiger charge is 2.09. The zero-order valence-electron chi connectivity index (χ0n) is 15.8. The number of amides is 1. The van der Waals surface area contributed by atoms with Gasteiger partial charge < -0.3 is 14.8 Å². The summed E-state index contributed by atoms with van der Waals surface area (Å²) < 4.78 is 11.7. The van der Waals surface area contributed by atoms with Crippen LogP contribution >= 0.6 is 11.6 Å². The number of nitrogens with zero attached hydrogens (tertiary/aromatic N) is 1. The van der Waals surface area contributed by atoms with E-state index >= 15 is 0 Å². The fraction of sp³-hybridized carbons (Fsp3) is 0.333. The number of halogens is 1. The van der Waals surface area contributed by atoms with Gasteiger partial charge in [-0.15, -0.1) is 0 Å². The summed E-state index contributed by atoms with van der Waals surface area (Å²) in [4.78, 5) is 11.5. The first kappa shape index (κ1) is 20.6. The number of hydrogen-bond donors (Lipinski definition) is 1. The van der Waals surface area contributed by atoms with Gasteiger partial charge in [0.25, 0.3) is 0 Å². The molecule has 27 heavy (non-hydrogen) atoms. The summed E-state index contributed by atoms with van der Waals surface area (Å²) in [6, 6.07) is 11.2. The summed E-state index contributed by atoms with van der Waals surface area (Å²) in [5.74, 6) is 1.17. The molecule has 0 atom stereocenters. The minimum Gasteiger partial charge on any atom is -0.490 e. The van der Waals surface area contributed by atoms with E-state index in [9.17, 15) is 4.79 Å². The van der Waals surface area contributed by atoms with Crippen molar-refractivity contribution in [3.8, 4) is 17.6 Å². The first-order chi connectivity index (χ1) is 12.9. The van der Waals surface area contributed by atoms with Crippen molar-refractivity contribution < 1.29 is 14.3 Å². The largest absolute Gasteiger partial charge is 0.490 e. The summed E-state index contributed by atoms with van der Waals surface area (Å²) in [7, 11) is 0. The van der Waals surface area contributed by atoms with E-state index < -0.39 is 0 Å². The van der Waals surface area contributed by atoms with Crippen LogP contribution in [0.4, 0.5) is 0 Å². The highest BCUT2D eigenvalue weighted by Crippen LogP contribution is 2.26. The monoisotopic (exact) mass is 386 g/mol. The molecule has 0 spiro atoms. The first-order valence-electron chi connectivity index (χ1n) is 8.67. The third-order valence-corrected chi connectivity index (χ3v) is 4.43. The SMILES string of the molecule is Cc1ccc(C)c(OCCOc2ccc(Cl)cc2CNC(=O)CC#N)c1C. The van der Waals surface area contributed by atoms with E-state index in [4.69, 9.17) is 26.3 Å². The zero-order valence-corrected chi connectivity index (χ0v) is 16.5. The Balaban J connectivity index is 1.95. The van der Waals surface area contributed by atoms with Gasteiger partial charge in [-0.1, -0.05) is 23.7 Å². The Labute approximate surface area is 164 Å². The molecule has 0 fully saturated rings. The number of rotatable bonds is 8. The summed E-state index contributed by atoms with van der Waals surface area (Å²) in [6.07, 6.45) is -0.181. The Morgan fingerprint density at radius 1 is 1.11 bits per heavy atom. The molecule has 1 N–H and O–H groups in total. The number of hydrogen-bond acceptors (Lipinski definition) is 4. The minimum atomic E-state index is -0.336. The maximum absolute atomic E-state index is 11.5. The number of aryl methyl sites for hydroxylation is 2. The quantitative estimate of drug-likeness (QED) is 0.688. The molecule has 142 valence electrons. The van der Waals surface area contributed by atoms with E-state index in [-0.39, 0.29) is 18.9 Å². The van der Waals surface area contributed by atoms with Gasteiger partial charge in [0, 0.05) is 17.1 Å². The molecule has 0 radical (unpaired) electrons. The molecule has 0 aliphatic carbocycles. The molecule has 0 aliphatic heterocycles. The van der Waals surface area contributed by atoms with Crippen molar-refractivity contribution in [2.24, 2.45) is 0 Å². The highest BCUT2D eigenvalue weighted by molar-refractivity contribution is 6.30. The van der Waals surface area contributed by atoms with E-state index in [1.165, 1.54) is 5.56 Å². The van der Waals surface area contributed by atoms with Crippen LogP contribution < -0.4 is 14.8 Å². The predicted molar refractivity (Wildman–Crippen MR) is 105 cm³/mol. The lowest BCUT2D eigenvalue weighted by atomic mass is 10.1. The zero-order chi connectivity index (χ0) is 19.8. The molecular formula is C21H23ClN2O3. The lowest BCUT2D eigenvalue weighted by Crippen LogP contribution is -2.22. The number of ether oxygens (including phenoxy) is 2. The summed E-state index contributed by atoms with van der Waals surface area (Å²) in [6.45, 7) is 7.11. The van der Waals surface area contributed by atoms with Crippen LogP contribution in [-0.4, -0.2) is 19.1 Å². The van der Waals surface area contributed by atoms with Gasteiger partial charge in [-0.05, 0) is 55.7 Å². The van der Waals surface area contributed by atoms with Crippen LogP contribution in [0, 0.1) is 32.1 Å². The van der Waals surface area contributed by atoms with Gasteiger partial charge in [0.2, 0.25) is 5.91 Å². The lowest BCUT2D eigenvalue weighted by Gasteiger charge is -2.16. The third-order valence-electron chi connectivity index (χ3n) is 4.20. The Bertz CT molecular complexity index is 859. The number of nitrogens with one attached hydrogen (secondary N) is 1. The molecule has 2 aromatic carbocycles. The van der Waals surface area contributed by atoms with Crippen molar-refractivity contribution >= 4 is 17.5 Å². The van der Waals surface area contributed by atoms with Gasteiger partial charge in [0.15, 0.2) is 0 Å². The molecule has 2 aromatic rings. The van der Waals surface area contributed by atoms with Gasteiger partial charge in [-0.2, -0.15) is 5.26 Å². The standard InChI is InChI=1S/C21H23ClN2O3/c1-14-4-5-15(2)21(16(14)3)27-11-10-26-19-7-6-18(22)12-17(19)13-24-20(25)8-9-23/h4-7,12H,8,10-11,13H2,1-3H3,(H,24,25). The molecule has 0 saturated heterocycles. The van der Waals surface area contributed by atoms with Crippen LogP contribution in [-0.2, 0) is 11.3 Å². The normalized spacial score (nSPS) is 10.2. The van der Waals surface area contributed by atoms with Crippen molar-refractivity contribution in [3.05, 3.63) is 57.6 Å². The van der Waals surface area contributed by atoms with Gasteiger partial charge >= 0.3 is 0 Å². The van der Waals surface area contributed by atoms with E-state index in [0.717, 1.165) is 22.4 Å². The van der Waals surface area contributed by atoms with Crippen LogP contribution in [0.1, 0.15) is 28.7 Å². The Morgan fingerprint density at radius 3 is 2.56 bits per heavy atom. The second-order valence-electron chi connectivity index (χ2n) is 6.21. The van der Waals surface area contributed by atoms with E-state index in [0.29, 0.717) is 24.0 Å². The van der Waals surface area contributed by atoms with Crippen LogP contribution in [0.3, 0.4) is 0 Å².